The van der Waals surface area contributed by atoms with Crippen LogP contribution in [0, 0.1) is 0 Å². The lowest BCUT2D eigenvalue weighted by Gasteiger charge is -2.29. The summed E-state index contributed by atoms with van der Waals surface area (Å²) in [4.78, 5) is 28.4. The van der Waals surface area contributed by atoms with Crippen LogP contribution in [0.5, 0.6) is 5.75 Å². The van der Waals surface area contributed by atoms with Crippen LogP contribution < -0.4 is 4.74 Å². The van der Waals surface area contributed by atoms with Crippen LogP contribution in [0.2, 0.25) is 0 Å². The highest BCUT2D eigenvalue weighted by molar-refractivity contribution is 8.18. The molecule has 2 amide bonds. The average Bonchev–Trinajstić information content (AvgIpc) is 2.83. The Hall–Kier alpha value is -1.83. The van der Waals surface area contributed by atoms with Gasteiger partial charge in [0.25, 0.3) is 11.1 Å². The molecule has 0 atom stereocenters. The molecule has 2 fully saturated rings. The summed E-state index contributed by atoms with van der Waals surface area (Å²) in [6.45, 7) is 3.06. The molecule has 122 valence electrons. The van der Waals surface area contributed by atoms with E-state index in [0.29, 0.717) is 30.5 Å². The fourth-order valence-corrected chi connectivity index (χ4v) is 3.28. The smallest absolute Gasteiger partial charge is 0.294 e. The maximum atomic E-state index is 12.5. The van der Waals surface area contributed by atoms with Crippen molar-refractivity contribution >= 4 is 29.0 Å². The molecule has 0 unspecified atom stereocenters. The van der Waals surface area contributed by atoms with Gasteiger partial charge in [-0.2, -0.15) is 0 Å². The monoisotopic (exact) mass is 334 g/mol. The van der Waals surface area contributed by atoms with Crippen LogP contribution in [0.4, 0.5) is 4.79 Å². The Bertz CT molecular complexity index is 641. The van der Waals surface area contributed by atoms with E-state index in [0.717, 1.165) is 30.4 Å². The zero-order valence-corrected chi connectivity index (χ0v) is 13.7. The van der Waals surface area contributed by atoms with Crippen molar-refractivity contribution in [2.45, 2.75) is 0 Å². The third-order valence-electron chi connectivity index (χ3n) is 3.71. The van der Waals surface area contributed by atoms with E-state index in [1.54, 1.807) is 13.2 Å². The van der Waals surface area contributed by atoms with Gasteiger partial charge in [0.1, 0.15) is 5.75 Å². The maximum Gasteiger partial charge on any atom is 0.294 e. The number of rotatable bonds is 4. The summed E-state index contributed by atoms with van der Waals surface area (Å²) >= 11 is 0.978. The molecule has 6 nitrogen and oxygen atoms in total. The number of hydrogen-bond acceptors (Lipinski definition) is 6. The number of benzene rings is 1. The van der Waals surface area contributed by atoms with Crippen molar-refractivity contribution in [3.63, 3.8) is 0 Å². The van der Waals surface area contributed by atoms with Gasteiger partial charge in [-0.05, 0) is 35.5 Å². The lowest BCUT2D eigenvalue weighted by Crippen LogP contribution is -2.45. The van der Waals surface area contributed by atoms with Crippen molar-refractivity contribution in [3.05, 3.63) is 34.7 Å². The topological polar surface area (TPSA) is 59.1 Å². The Morgan fingerprint density at radius 2 is 2.09 bits per heavy atom. The van der Waals surface area contributed by atoms with E-state index in [-0.39, 0.29) is 11.1 Å². The Morgan fingerprint density at radius 1 is 1.30 bits per heavy atom. The van der Waals surface area contributed by atoms with Gasteiger partial charge in [-0.25, -0.2) is 0 Å². The molecule has 0 radical (unpaired) electrons. The number of amides is 2. The summed E-state index contributed by atoms with van der Waals surface area (Å²) in [5.41, 5.74) is 0.834. The van der Waals surface area contributed by atoms with E-state index in [2.05, 4.69) is 0 Å². The summed E-state index contributed by atoms with van der Waals surface area (Å²) in [5.74, 6) is 0.473. The minimum Gasteiger partial charge on any atom is -0.497 e. The Kier molecular flexibility index (Phi) is 5.00. The lowest BCUT2D eigenvalue weighted by atomic mass is 10.2. The van der Waals surface area contributed by atoms with Crippen LogP contribution in [0.25, 0.3) is 6.08 Å². The number of hydrogen-bond donors (Lipinski definition) is 0. The van der Waals surface area contributed by atoms with E-state index in [9.17, 15) is 9.59 Å². The van der Waals surface area contributed by atoms with Crippen molar-refractivity contribution in [2.75, 3.05) is 40.1 Å². The Morgan fingerprint density at radius 3 is 2.83 bits per heavy atom. The second kappa shape index (κ2) is 7.16. The fraction of sp³-hybridized carbons (Fsp3) is 0.375. The molecular weight excluding hydrogens is 316 g/mol. The number of morpholine rings is 1. The van der Waals surface area contributed by atoms with Gasteiger partial charge in [0, 0.05) is 13.1 Å². The average molecular weight is 334 g/mol. The third kappa shape index (κ3) is 3.74. The van der Waals surface area contributed by atoms with Crippen molar-refractivity contribution in [1.29, 1.82) is 0 Å². The molecule has 0 bridgehead atoms. The number of carbonyl (C=O) groups is 2. The van der Waals surface area contributed by atoms with Gasteiger partial charge in [-0.3, -0.25) is 19.4 Å². The Balaban J connectivity index is 1.73. The number of methoxy groups -OCH3 is 1. The molecule has 1 aromatic rings. The van der Waals surface area contributed by atoms with Gasteiger partial charge in [-0.15, -0.1) is 0 Å². The second-order valence-electron chi connectivity index (χ2n) is 5.26. The quantitative estimate of drug-likeness (QED) is 0.785. The van der Waals surface area contributed by atoms with Crippen LogP contribution in [0.3, 0.4) is 0 Å². The van der Waals surface area contributed by atoms with Crippen LogP contribution in [-0.4, -0.2) is 61.0 Å². The van der Waals surface area contributed by atoms with E-state index < -0.39 is 0 Å². The third-order valence-corrected chi connectivity index (χ3v) is 4.62. The molecule has 2 saturated heterocycles. The minimum absolute atomic E-state index is 0.226. The number of thioether (sulfide) groups is 1. The number of imide groups is 1. The van der Waals surface area contributed by atoms with E-state index in [1.165, 1.54) is 4.90 Å². The van der Waals surface area contributed by atoms with Gasteiger partial charge in [0.2, 0.25) is 0 Å². The zero-order chi connectivity index (χ0) is 16.2. The first-order valence-electron chi connectivity index (χ1n) is 7.37. The summed E-state index contributed by atoms with van der Waals surface area (Å²) < 4.78 is 10.5. The molecule has 2 aliphatic rings. The van der Waals surface area contributed by atoms with E-state index in [1.807, 2.05) is 29.2 Å². The molecule has 7 heteroatoms. The van der Waals surface area contributed by atoms with E-state index >= 15 is 0 Å². The predicted molar refractivity (Wildman–Crippen MR) is 88.1 cm³/mol. The van der Waals surface area contributed by atoms with Gasteiger partial charge < -0.3 is 9.47 Å². The highest BCUT2D eigenvalue weighted by Crippen LogP contribution is 2.32. The van der Waals surface area contributed by atoms with E-state index in [4.69, 9.17) is 9.47 Å². The van der Waals surface area contributed by atoms with Gasteiger partial charge >= 0.3 is 0 Å². The standard InChI is InChI=1S/C16H18N2O4S/c1-21-13-4-2-3-12(9-13)10-14-15(19)18(16(20)23-14)11-17-5-7-22-8-6-17/h2-4,9-10H,5-8,11H2,1H3/b14-10-. The molecule has 3 rings (SSSR count). The summed E-state index contributed by atoms with van der Waals surface area (Å²) in [6, 6.07) is 7.39. The summed E-state index contributed by atoms with van der Waals surface area (Å²) in [5, 5.41) is -0.226. The Labute approximate surface area is 139 Å². The van der Waals surface area contributed by atoms with Crippen LogP contribution >= 0.6 is 11.8 Å². The van der Waals surface area contributed by atoms with Crippen molar-refractivity contribution in [3.8, 4) is 5.75 Å². The molecule has 23 heavy (non-hydrogen) atoms. The van der Waals surface area contributed by atoms with Crippen molar-refractivity contribution in [2.24, 2.45) is 0 Å². The molecular formula is C16H18N2O4S. The molecule has 0 spiro atoms. The highest BCUT2D eigenvalue weighted by Gasteiger charge is 2.36. The maximum absolute atomic E-state index is 12.5. The van der Waals surface area contributed by atoms with Gasteiger partial charge in [0.15, 0.2) is 0 Å². The van der Waals surface area contributed by atoms with Crippen molar-refractivity contribution < 1.29 is 19.1 Å². The molecule has 0 N–H and O–H groups in total. The summed E-state index contributed by atoms with van der Waals surface area (Å²) in [6.07, 6.45) is 1.73. The van der Waals surface area contributed by atoms with Gasteiger partial charge in [0.05, 0.1) is 31.9 Å². The molecule has 2 heterocycles. The fourth-order valence-electron chi connectivity index (χ4n) is 2.45. The normalized spacial score (nSPS) is 21.3. The van der Waals surface area contributed by atoms with Crippen LogP contribution in [0.15, 0.2) is 29.2 Å². The summed E-state index contributed by atoms with van der Waals surface area (Å²) in [7, 11) is 1.59. The number of nitrogens with zero attached hydrogens (tertiary/aromatic N) is 2. The SMILES string of the molecule is COc1cccc(/C=C2\SC(=O)N(CN3CCOCC3)C2=O)c1. The highest BCUT2D eigenvalue weighted by atomic mass is 32.2. The van der Waals surface area contributed by atoms with Gasteiger partial charge in [-0.1, -0.05) is 12.1 Å². The minimum atomic E-state index is -0.241. The zero-order valence-electron chi connectivity index (χ0n) is 12.9. The van der Waals surface area contributed by atoms with Crippen molar-refractivity contribution in [1.82, 2.24) is 9.80 Å². The number of ether oxygens (including phenoxy) is 2. The van der Waals surface area contributed by atoms with Crippen LogP contribution in [0.1, 0.15) is 5.56 Å². The molecule has 0 aliphatic carbocycles. The molecule has 0 aromatic heterocycles. The second-order valence-corrected chi connectivity index (χ2v) is 6.25. The first kappa shape index (κ1) is 16.0. The molecule has 2 aliphatic heterocycles. The number of carbonyl (C=O) groups excluding carboxylic acids is 2. The molecule has 1 aromatic carbocycles. The molecule has 0 saturated carbocycles. The predicted octanol–water partition coefficient (Wildman–Crippen LogP) is 2.02. The first-order valence-corrected chi connectivity index (χ1v) is 8.18. The first-order chi connectivity index (χ1) is 11.2. The van der Waals surface area contributed by atoms with Crippen LogP contribution in [-0.2, 0) is 9.53 Å². The lowest BCUT2D eigenvalue weighted by molar-refractivity contribution is -0.125. The largest absolute Gasteiger partial charge is 0.497 e.